The van der Waals surface area contributed by atoms with Gasteiger partial charge >= 0.3 is 5.69 Å². The number of nitriles is 1. The Bertz CT molecular complexity index is 728. The highest BCUT2D eigenvalue weighted by molar-refractivity contribution is 9.10. The van der Waals surface area contributed by atoms with Crippen LogP contribution in [0.15, 0.2) is 40.9 Å². The number of para-hydroxylation sites is 2. The summed E-state index contributed by atoms with van der Waals surface area (Å²) in [5, 5.41) is 19.6. The molecule has 0 unspecified atom stereocenters. The van der Waals surface area contributed by atoms with Crippen LogP contribution < -0.4 is 4.74 Å². The van der Waals surface area contributed by atoms with Crippen molar-refractivity contribution in [3.8, 4) is 17.6 Å². The molecule has 0 saturated heterocycles. The van der Waals surface area contributed by atoms with Gasteiger partial charge in [-0.3, -0.25) is 10.1 Å². The van der Waals surface area contributed by atoms with E-state index in [-0.39, 0.29) is 27.2 Å². The molecule has 5 nitrogen and oxygen atoms in total. The SMILES string of the molecule is N#Cc1ccc(Oc2ccccc2[N+](=O)[O-])c(F)c1Br. The molecule has 100 valence electrons. The Hall–Kier alpha value is -2.46. The maximum absolute atomic E-state index is 14.0. The lowest BCUT2D eigenvalue weighted by Crippen LogP contribution is -1.95. The molecule has 0 atom stereocenters. The Morgan fingerprint density at radius 1 is 1.25 bits per heavy atom. The molecule has 0 aliphatic heterocycles. The summed E-state index contributed by atoms with van der Waals surface area (Å²) in [5.74, 6) is -1.07. The van der Waals surface area contributed by atoms with Crippen LogP contribution in [0.4, 0.5) is 10.1 Å². The Kier molecular flexibility index (Phi) is 3.96. The van der Waals surface area contributed by atoms with E-state index in [1.165, 1.54) is 30.3 Å². The molecular formula is C13H6BrFN2O3. The first-order valence-corrected chi connectivity index (χ1v) is 6.13. The minimum Gasteiger partial charge on any atom is -0.447 e. The van der Waals surface area contributed by atoms with Crippen molar-refractivity contribution in [1.82, 2.24) is 0 Å². The van der Waals surface area contributed by atoms with Gasteiger partial charge < -0.3 is 4.74 Å². The third-order valence-electron chi connectivity index (χ3n) is 2.45. The maximum Gasteiger partial charge on any atom is 0.311 e. The highest BCUT2D eigenvalue weighted by Crippen LogP contribution is 2.35. The standard InChI is InChI=1S/C13H6BrFN2O3/c14-12-8(7-16)5-6-11(13(12)15)20-10-4-2-1-3-9(10)17(18)19/h1-6H. The maximum atomic E-state index is 14.0. The normalized spacial score (nSPS) is 9.85. The molecule has 0 radical (unpaired) electrons. The summed E-state index contributed by atoms with van der Waals surface area (Å²) >= 11 is 2.94. The van der Waals surface area contributed by atoms with Crippen LogP contribution in [-0.2, 0) is 0 Å². The molecule has 0 aromatic heterocycles. The molecule has 2 rings (SSSR count). The molecule has 0 fully saturated rings. The summed E-state index contributed by atoms with van der Waals surface area (Å²) < 4.78 is 19.2. The fraction of sp³-hybridized carbons (Fsp3) is 0. The minimum absolute atomic E-state index is 0.0453. The molecule has 0 aliphatic rings. The number of benzene rings is 2. The largest absolute Gasteiger partial charge is 0.447 e. The van der Waals surface area contributed by atoms with E-state index in [4.69, 9.17) is 10.00 Å². The average Bonchev–Trinajstić information content (AvgIpc) is 2.44. The highest BCUT2D eigenvalue weighted by atomic mass is 79.9. The summed E-state index contributed by atoms with van der Waals surface area (Å²) in [6.45, 7) is 0. The van der Waals surface area contributed by atoms with Gasteiger partial charge in [0.1, 0.15) is 6.07 Å². The summed E-state index contributed by atoms with van der Waals surface area (Å²) in [6, 6.07) is 10.1. The van der Waals surface area contributed by atoms with Crippen molar-refractivity contribution in [2.24, 2.45) is 0 Å². The second-order valence-corrected chi connectivity index (χ2v) is 4.47. The first kappa shape index (κ1) is 14.0. The lowest BCUT2D eigenvalue weighted by molar-refractivity contribution is -0.385. The molecule has 0 saturated carbocycles. The fourth-order valence-corrected chi connectivity index (χ4v) is 1.93. The zero-order chi connectivity index (χ0) is 14.7. The summed E-state index contributed by atoms with van der Waals surface area (Å²) in [5.41, 5.74) is -0.162. The lowest BCUT2D eigenvalue weighted by atomic mass is 10.2. The van der Waals surface area contributed by atoms with Gasteiger partial charge in [0.25, 0.3) is 0 Å². The van der Waals surface area contributed by atoms with Gasteiger partial charge in [-0.25, -0.2) is 4.39 Å². The van der Waals surface area contributed by atoms with Crippen molar-refractivity contribution < 1.29 is 14.1 Å². The van der Waals surface area contributed by atoms with E-state index in [1.807, 2.05) is 0 Å². The molecule has 0 heterocycles. The number of nitro benzene ring substituents is 1. The van der Waals surface area contributed by atoms with Crippen LogP contribution in [0.1, 0.15) is 5.56 Å². The topological polar surface area (TPSA) is 76.2 Å². The van der Waals surface area contributed by atoms with Crippen molar-refractivity contribution in [2.45, 2.75) is 0 Å². The summed E-state index contributed by atoms with van der Waals surface area (Å²) in [7, 11) is 0. The number of nitrogens with zero attached hydrogens (tertiary/aromatic N) is 2. The lowest BCUT2D eigenvalue weighted by Gasteiger charge is -2.08. The predicted molar refractivity (Wildman–Crippen MR) is 72.0 cm³/mol. The van der Waals surface area contributed by atoms with Crippen LogP contribution in [0, 0.1) is 27.3 Å². The second-order valence-electron chi connectivity index (χ2n) is 3.68. The van der Waals surface area contributed by atoms with E-state index >= 15 is 0 Å². The molecule has 0 amide bonds. The van der Waals surface area contributed by atoms with Gasteiger partial charge in [-0.15, -0.1) is 0 Å². The number of halogens is 2. The number of ether oxygens (including phenoxy) is 1. The zero-order valence-electron chi connectivity index (χ0n) is 9.84. The Morgan fingerprint density at radius 3 is 2.60 bits per heavy atom. The molecular weight excluding hydrogens is 331 g/mol. The van der Waals surface area contributed by atoms with Crippen molar-refractivity contribution in [2.75, 3.05) is 0 Å². The average molecular weight is 337 g/mol. The predicted octanol–water partition coefficient (Wildman–Crippen LogP) is 4.16. The van der Waals surface area contributed by atoms with Crippen molar-refractivity contribution in [1.29, 1.82) is 5.26 Å². The van der Waals surface area contributed by atoms with Gasteiger partial charge in [0.15, 0.2) is 11.6 Å². The van der Waals surface area contributed by atoms with Gasteiger partial charge in [0.2, 0.25) is 5.75 Å². The van der Waals surface area contributed by atoms with Crippen molar-refractivity contribution in [3.05, 3.63) is 62.4 Å². The van der Waals surface area contributed by atoms with Gasteiger partial charge in [0, 0.05) is 6.07 Å². The van der Waals surface area contributed by atoms with E-state index in [1.54, 1.807) is 12.1 Å². The smallest absolute Gasteiger partial charge is 0.311 e. The van der Waals surface area contributed by atoms with Crippen molar-refractivity contribution >= 4 is 21.6 Å². The molecule has 0 spiro atoms. The molecule has 0 aliphatic carbocycles. The molecule has 2 aromatic carbocycles. The van der Waals surface area contributed by atoms with E-state index in [9.17, 15) is 14.5 Å². The summed E-state index contributed by atoms with van der Waals surface area (Å²) in [6.07, 6.45) is 0. The van der Waals surface area contributed by atoms with Gasteiger partial charge in [0.05, 0.1) is 15.0 Å². The van der Waals surface area contributed by atoms with Gasteiger partial charge in [-0.05, 0) is 34.1 Å². The monoisotopic (exact) mass is 336 g/mol. The van der Waals surface area contributed by atoms with Crippen LogP contribution in [-0.4, -0.2) is 4.92 Å². The second kappa shape index (κ2) is 5.67. The van der Waals surface area contributed by atoms with E-state index in [0.29, 0.717) is 0 Å². The number of rotatable bonds is 3. The minimum atomic E-state index is -0.790. The Morgan fingerprint density at radius 2 is 1.95 bits per heavy atom. The van der Waals surface area contributed by atoms with Crippen LogP contribution in [0.25, 0.3) is 0 Å². The molecule has 0 N–H and O–H groups in total. The quantitative estimate of drug-likeness (QED) is 0.622. The molecule has 7 heteroatoms. The first-order valence-electron chi connectivity index (χ1n) is 5.34. The summed E-state index contributed by atoms with van der Waals surface area (Å²) in [4.78, 5) is 10.2. The Balaban J connectivity index is 2.44. The third kappa shape index (κ3) is 2.60. The molecule has 0 bridgehead atoms. The molecule has 20 heavy (non-hydrogen) atoms. The van der Waals surface area contributed by atoms with Crippen LogP contribution in [0.2, 0.25) is 0 Å². The third-order valence-corrected chi connectivity index (χ3v) is 3.22. The fourth-order valence-electron chi connectivity index (χ4n) is 1.51. The van der Waals surface area contributed by atoms with Crippen LogP contribution in [0.3, 0.4) is 0 Å². The van der Waals surface area contributed by atoms with E-state index in [2.05, 4.69) is 15.9 Å². The number of hydrogen-bond acceptors (Lipinski definition) is 4. The highest BCUT2D eigenvalue weighted by Gasteiger charge is 2.18. The number of nitro groups is 1. The van der Waals surface area contributed by atoms with Crippen LogP contribution >= 0.6 is 15.9 Å². The zero-order valence-corrected chi connectivity index (χ0v) is 11.4. The Labute approximate surface area is 121 Å². The van der Waals surface area contributed by atoms with Crippen LogP contribution in [0.5, 0.6) is 11.5 Å². The number of hydrogen-bond donors (Lipinski definition) is 0. The van der Waals surface area contributed by atoms with E-state index in [0.717, 1.165) is 0 Å². The van der Waals surface area contributed by atoms with Gasteiger partial charge in [-0.2, -0.15) is 5.26 Å². The molecule has 2 aromatic rings. The first-order chi connectivity index (χ1) is 9.54. The van der Waals surface area contributed by atoms with Crippen molar-refractivity contribution in [3.63, 3.8) is 0 Å². The van der Waals surface area contributed by atoms with E-state index < -0.39 is 10.7 Å². The van der Waals surface area contributed by atoms with Gasteiger partial charge in [-0.1, -0.05) is 12.1 Å².